The summed E-state index contributed by atoms with van der Waals surface area (Å²) in [6.45, 7) is 2.61. The summed E-state index contributed by atoms with van der Waals surface area (Å²) < 4.78 is 4.62. The van der Waals surface area contributed by atoms with Gasteiger partial charge < -0.3 is 15.8 Å². The molecule has 1 radical (unpaired) electrons. The van der Waals surface area contributed by atoms with Crippen LogP contribution in [0.15, 0.2) is 0 Å². The number of ether oxygens (including phenoxy) is 1. The molecule has 0 spiro atoms. The van der Waals surface area contributed by atoms with E-state index in [2.05, 4.69) is 16.5 Å². The van der Waals surface area contributed by atoms with Gasteiger partial charge in [-0.1, -0.05) is 0 Å². The zero-order valence-corrected chi connectivity index (χ0v) is 7.79. The number of hydrogen-bond donors (Lipinski definition) is 2. The summed E-state index contributed by atoms with van der Waals surface area (Å²) in [5.74, 6) is 0.678. The Morgan fingerprint density at radius 1 is 1.54 bits per heavy atom. The Morgan fingerprint density at radius 2 is 2.23 bits per heavy atom. The van der Waals surface area contributed by atoms with Crippen LogP contribution in [0, 0.1) is 12.3 Å². The molecule has 0 unspecified atom stereocenters. The monoisotopic (exact) mass is 185 g/mol. The van der Waals surface area contributed by atoms with Crippen molar-refractivity contribution < 1.29 is 9.53 Å². The van der Waals surface area contributed by atoms with Gasteiger partial charge in [-0.05, 0) is 44.7 Å². The molecule has 1 amide bonds. The summed E-state index contributed by atoms with van der Waals surface area (Å²) in [6, 6.07) is 0. The van der Waals surface area contributed by atoms with Crippen molar-refractivity contribution in [3.05, 3.63) is 6.42 Å². The average molecular weight is 185 g/mol. The Balaban J connectivity index is 1.95. The standard InChI is InChI=1S/C9H17N2O2/c10-9(12)13-7-1-2-8-3-5-11-6-4-8/h2,8,11H,1,3-7H2,(H2,10,12). The molecule has 1 saturated heterocycles. The number of primary amides is 1. The summed E-state index contributed by atoms with van der Waals surface area (Å²) in [7, 11) is 0. The Hall–Kier alpha value is -0.770. The molecule has 0 saturated carbocycles. The molecule has 1 fully saturated rings. The lowest BCUT2D eigenvalue weighted by Crippen LogP contribution is -2.28. The third-order valence-corrected chi connectivity index (χ3v) is 2.25. The lowest BCUT2D eigenvalue weighted by Gasteiger charge is -2.21. The highest BCUT2D eigenvalue weighted by molar-refractivity contribution is 5.64. The molecule has 4 heteroatoms. The Kier molecular flexibility index (Phi) is 4.60. The number of nitrogens with two attached hydrogens (primary N) is 1. The molecule has 0 aromatic heterocycles. The van der Waals surface area contributed by atoms with E-state index < -0.39 is 6.09 Å². The average Bonchev–Trinajstić information content (AvgIpc) is 2.14. The molecule has 1 aliphatic rings. The minimum absolute atomic E-state index is 0.416. The fourth-order valence-electron chi connectivity index (χ4n) is 1.54. The number of carbonyl (C=O) groups is 1. The van der Waals surface area contributed by atoms with Crippen LogP contribution in [-0.2, 0) is 4.74 Å². The van der Waals surface area contributed by atoms with Gasteiger partial charge in [-0.15, -0.1) is 0 Å². The molecule has 13 heavy (non-hydrogen) atoms. The topological polar surface area (TPSA) is 64.4 Å². The van der Waals surface area contributed by atoms with E-state index in [9.17, 15) is 4.79 Å². The smallest absolute Gasteiger partial charge is 0.404 e. The Morgan fingerprint density at radius 3 is 2.85 bits per heavy atom. The largest absolute Gasteiger partial charge is 0.450 e. The molecule has 0 aliphatic carbocycles. The molecule has 1 heterocycles. The molecule has 4 nitrogen and oxygen atoms in total. The van der Waals surface area contributed by atoms with Gasteiger partial charge in [0.1, 0.15) is 0 Å². The first-order valence-electron chi connectivity index (χ1n) is 4.75. The Labute approximate surface area is 78.8 Å². The van der Waals surface area contributed by atoms with Crippen molar-refractivity contribution in [3.8, 4) is 0 Å². The molecule has 1 rings (SSSR count). The van der Waals surface area contributed by atoms with E-state index in [-0.39, 0.29) is 0 Å². The maximum Gasteiger partial charge on any atom is 0.404 e. The van der Waals surface area contributed by atoms with Crippen LogP contribution < -0.4 is 11.1 Å². The maximum absolute atomic E-state index is 10.2. The first-order valence-corrected chi connectivity index (χ1v) is 4.75. The molecular formula is C9H17N2O2. The third-order valence-electron chi connectivity index (χ3n) is 2.25. The van der Waals surface area contributed by atoms with E-state index in [1.165, 1.54) is 12.8 Å². The molecule has 3 N–H and O–H groups in total. The van der Waals surface area contributed by atoms with Crippen LogP contribution in [-0.4, -0.2) is 25.8 Å². The van der Waals surface area contributed by atoms with E-state index in [1.807, 2.05) is 0 Å². The lowest BCUT2D eigenvalue weighted by atomic mass is 9.93. The quantitative estimate of drug-likeness (QED) is 0.633. The van der Waals surface area contributed by atoms with Gasteiger partial charge in [0.15, 0.2) is 0 Å². The second kappa shape index (κ2) is 5.80. The number of nitrogens with one attached hydrogen (secondary N) is 1. The van der Waals surface area contributed by atoms with Crippen LogP contribution in [0.4, 0.5) is 4.79 Å². The van der Waals surface area contributed by atoms with E-state index >= 15 is 0 Å². The van der Waals surface area contributed by atoms with Gasteiger partial charge in [0, 0.05) is 0 Å². The molecular weight excluding hydrogens is 168 g/mol. The van der Waals surface area contributed by atoms with Gasteiger partial charge in [0.25, 0.3) is 0 Å². The van der Waals surface area contributed by atoms with Gasteiger partial charge in [-0.3, -0.25) is 0 Å². The summed E-state index contributed by atoms with van der Waals surface area (Å²) in [4.78, 5) is 10.2. The predicted octanol–water partition coefficient (Wildman–Crippen LogP) is 0.676. The van der Waals surface area contributed by atoms with E-state index in [0.717, 1.165) is 19.5 Å². The van der Waals surface area contributed by atoms with Crippen LogP contribution in [0.1, 0.15) is 19.3 Å². The number of piperidine rings is 1. The van der Waals surface area contributed by atoms with Crippen LogP contribution >= 0.6 is 0 Å². The first kappa shape index (κ1) is 10.3. The van der Waals surface area contributed by atoms with Crippen molar-refractivity contribution >= 4 is 6.09 Å². The van der Waals surface area contributed by atoms with Crippen LogP contribution in [0.25, 0.3) is 0 Å². The molecule has 0 bridgehead atoms. The van der Waals surface area contributed by atoms with Gasteiger partial charge in [0.2, 0.25) is 0 Å². The summed E-state index contributed by atoms with van der Waals surface area (Å²) in [6.07, 6.45) is 4.74. The minimum atomic E-state index is -0.682. The SMILES string of the molecule is NC(=O)OCC[CH]C1CCNCC1. The van der Waals surface area contributed by atoms with Gasteiger partial charge in [-0.25, -0.2) is 4.79 Å². The summed E-state index contributed by atoms with van der Waals surface area (Å²) >= 11 is 0. The lowest BCUT2D eigenvalue weighted by molar-refractivity contribution is 0.156. The van der Waals surface area contributed by atoms with Crippen molar-refractivity contribution in [2.75, 3.05) is 19.7 Å². The summed E-state index contributed by atoms with van der Waals surface area (Å²) in [5.41, 5.74) is 4.83. The highest BCUT2D eigenvalue weighted by atomic mass is 16.5. The van der Waals surface area contributed by atoms with Gasteiger partial charge in [-0.2, -0.15) is 0 Å². The van der Waals surface area contributed by atoms with E-state index in [4.69, 9.17) is 5.73 Å². The van der Waals surface area contributed by atoms with Gasteiger partial charge in [0.05, 0.1) is 6.61 Å². The second-order valence-electron chi connectivity index (χ2n) is 3.28. The molecule has 0 atom stereocenters. The van der Waals surface area contributed by atoms with Crippen LogP contribution in [0.3, 0.4) is 0 Å². The van der Waals surface area contributed by atoms with Crippen LogP contribution in [0.2, 0.25) is 0 Å². The fraction of sp³-hybridized carbons (Fsp3) is 0.778. The van der Waals surface area contributed by atoms with E-state index in [1.54, 1.807) is 0 Å². The van der Waals surface area contributed by atoms with Crippen molar-refractivity contribution in [3.63, 3.8) is 0 Å². The Bertz CT molecular complexity index is 156. The maximum atomic E-state index is 10.2. The number of rotatable bonds is 4. The van der Waals surface area contributed by atoms with Crippen molar-refractivity contribution in [2.45, 2.75) is 19.3 Å². The van der Waals surface area contributed by atoms with E-state index in [0.29, 0.717) is 12.5 Å². The zero-order chi connectivity index (χ0) is 9.52. The summed E-state index contributed by atoms with van der Waals surface area (Å²) in [5, 5.41) is 3.30. The molecule has 0 aromatic carbocycles. The fourth-order valence-corrected chi connectivity index (χ4v) is 1.54. The number of carbonyl (C=O) groups excluding carboxylic acids is 1. The number of amides is 1. The van der Waals surface area contributed by atoms with Crippen LogP contribution in [0.5, 0.6) is 0 Å². The number of hydrogen-bond acceptors (Lipinski definition) is 3. The first-order chi connectivity index (χ1) is 6.29. The van der Waals surface area contributed by atoms with Gasteiger partial charge >= 0.3 is 6.09 Å². The molecule has 0 aromatic rings. The minimum Gasteiger partial charge on any atom is -0.450 e. The molecule has 1 aliphatic heterocycles. The van der Waals surface area contributed by atoms with Crippen molar-refractivity contribution in [2.24, 2.45) is 11.7 Å². The zero-order valence-electron chi connectivity index (χ0n) is 7.79. The highest BCUT2D eigenvalue weighted by Crippen LogP contribution is 2.16. The highest BCUT2D eigenvalue weighted by Gasteiger charge is 2.12. The predicted molar refractivity (Wildman–Crippen MR) is 50.0 cm³/mol. The van der Waals surface area contributed by atoms with Crippen molar-refractivity contribution in [1.82, 2.24) is 5.32 Å². The molecule has 75 valence electrons. The normalized spacial score (nSPS) is 18.5. The second-order valence-corrected chi connectivity index (χ2v) is 3.28. The third kappa shape index (κ3) is 4.72. The van der Waals surface area contributed by atoms with Crippen molar-refractivity contribution in [1.29, 1.82) is 0 Å².